The van der Waals surface area contributed by atoms with Gasteiger partial charge in [-0.2, -0.15) is 0 Å². The first-order valence-electron chi connectivity index (χ1n) is 6.87. The number of nitrogen functional groups attached to an aromatic ring is 1. The van der Waals surface area contributed by atoms with Crippen molar-refractivity contribution in [3.63, 3.8) is 0 Å². The van der Waals surface area contributed by atoms with Gasteiger partial charge in [0.2, 0.25) is 0 Å². The molecule has 5 heteroatoms. The molecule has 0 bridgehead atoms. The number of carbonyl (C=O) groups is 1. The Bertz CT molecular complexity index is 529. The van der Waals surface area contributed by atoms with Gasteiger partial charge >= 0.3 is 5.97 Å². The van der Waals surface area contributed by atoms with E-state index < -0.39 is 17.3 Å². The van der Waals surface area contributed by atoms with Crippen molar-refractivity contribution >= 4 is 17.3 Å². The molecule has 1 aliphatic carbocycles. The SMILES string of the molecule is CC1(C)CCCC(Nc2cc(F)c(C(=O)O)cc2N)C1. The Labute approximate surface area is 118 Å². The van der Waals surface area contributed by atoms with Crippen LogP contribution in [0, 0.1) is 11.2 Å². The third-order valence-electron chi connectivity index (χ3n) is 3.93. The van der Waals surface area contributed by atoms with Gasteiger partial charge < -0.3 is 16.2 Å². The second kappa shape index (κ2) is 5.31. The molecule has 0 radical (unpaired) electrons. The van der Waals surface area contributed by atoms with Crippen molar-refractivity contribution in [3.05, 3.63) is 23.5 Å². The third kappa shape index (κ3) is 3.21. The minimum absolute atomic E-state index is 0.246. The lowest BCUT2D eigenvalue weighted by Gasteiger charge is -2.36. The quantitative estimate of drug-likeness (QED) is 0.741. The van der Waals surface area contributed by atoms with Crippen LogP contribution in [0.5, 0.6) is 0 Å². The maximum absolute atomic E-state index is 13.7. The van der Waals surface area contributed by atoms with Crippen LogP contribution in [0.4, 0.5) is 15.8 Å². The molecule has 0 amide bonds. The van der Waals surface area contributed by atoms with Crippen molar-refractivity contribution in [1.82, 2.24) is 0 Å². The highest BCUT2D eigenvalue weighted by atomic mass is 19.1. The van der Waals surface area contributed by atoms with Gasteiger partial charge in [-0.1, -0.05) is 20.3 Å². The lowest BCUT2D eigenvalue weighted by molar-refractivity contribution is 0.0692. The standard InChI is InChI=1S/C15H21FN2O2/c1-15(2)5-3-4-9(8-15)18-13-7-11(16)10(14(19)20)6-12(13)17/h6-7,9,18H,3-5,8,17H2,1-2H3,(H,19,20). The summed E-state index contributed by atoms with van der Waals surface area (Å²) in [6.07, 6.45) is 4.33. The molecule has 0 aliphatic heterocycles. The molecule has 2 rings (SSSR count). The van der Waals surface area contributed by atoms with E-state index in [1.54, 1.807) is 0 Å². The number of benzene rings is 1. The number of rotatable bonds is 3. The van der Waals surface area contributed by atoms with Crippen LogP contribution in [-0.2, 0) is 0 Å². The summed E-state index contributed by atoms with van der Waals surface area (Å²) in [6, 6.07) is 2.60. The summed E-state index contributed by atoms with van der Waals surface area (Å²) in [4.78, 5) is 10.8. The number of hydrogen-bond donors (Lipinski definition) is 3. The molecule has 4 N–H and O–H groups in total. The van der Waals surface area contributed by atoms with Gasteiger partial charge in [0, 0.05) is 6.04 Å². The predicted molar refractivity (Wildman–Crippen MR) is 77.4 cm³/mol. The van der Waals surface area contributed by atoms with E-state index in [9.17, 15) is 9.18 Å². The average Bonchev–Trinajstić information content (AvgIpc) is 2.31. The number of aromatic carboxylic acids is 1. The highest BCUT2D eigenvalue weighted by molar-refractivity contribution is 5.90. The second-order valence-corrected chi connectivity index (χ2v) is 6.33. The molecule has 1 fully saturated rings. The van der Waals surface area contributed by atoms with Gasteiger partial charge in [-0.15, -0.1) is 0 Å². The Morgan fingerprint density at radius 2 is 2.20 bits per heavy atom. The molecule has 1 atom stereocenters. The number of halogens is 1. The monoisotopic (exact) mass is 280 g/mol. The Morgan fingerprint density at radius 3 is 2.80 bits per heavy atom. The maximum Gasteiger partial charge on any atom is 0.338 e. The first-order chi connectivity index (χ1) is 9.28. The van der Waals surface area contributed by atoms with Gasteiger partial charge in [0.15, 0.2) is 0 Å². The van der Waals surface area contributed by atoms with Crippen LogP contribution >= 0.6 is 0 Å². The van der Waals surface area contributed by atoms with E-state index in [4.69, 9.17) is 10.8 Å². The molecule has 1 aliphatic rings. The zero-order valence-corrected chi connectivity index (χ0v) is 11.9. The van der Waals surface area contributed by atoms with E-state index in [0.717, 1.165) is 19.3 Å². The van der Waals surface area contributed by atoms with Gasteiger partial charge in [-0.3, -0.25) is 0 Å². The molecule has 0 spiro atoms. The van der Waals surface area contributed by atoms with Crippen LogP contribution in [0.3, 0.4) is 0 Å². The van der Waals surface area contributed by atoms with Crippen molar-refractivity contribution in [2.45, 2.75) is 45.6 Å². The van der Waals surface area contributed by atoms with Gasteiger partial charge in [-0.25, -0.2) is 9.18 Å². The Kier molecular flexibility index (Phi) is 3.88. The molecule has 110 valence electrons. The van der Waals surface area contributed by atoms with Gasteiger partial charge in [0.1, 0.15) is 5.82 Å². The minimum Gasteiger partial charge on any atom is -0.478 e. The smallest absolute Gasteiger partial charge is 0.338 e. The molecule has 0 heterocycles. The number of anilines is 2. The summed E-state index contributed by atoms with van der Waals surface area (Å²) in [7, 11) is 0. The molecular formula is C15H21FN2O2. The van der Waals surface area contributed by atoms with Crippen molar-refractivity contribution in [2.75, 3.05) is 11.1 Å². The molecule has 1 unspecified atom stereocenters. The summed E-state index contributed by atoms with van der Waals surface area (Å²) in [5, 5.41) is 12.1. The van der Waals surface area contributed by atoms with Crippen LogP contribution in [-0.4, -0.2) is 17.1 Å². The van der Waals surface area contributed by atoms with Gasteiger partial charge in [0.25, 0.3) is 0 Å². The first kappa shape index (κ1) is 14.6. The lowest BCUT2D eigenvalue weighted by Crippen LogP contribution is -2.32. The van der Waals surface area contributed by atoms with E-state index in [1.165, 1.54) is 18.6 Å². The fraction of sp³-hybridized carbons (Fsp3) is 0.533. The van der Waals surface area contributed by atoms with E-state index >= 15 is 0 Å². The van der Waals surface area contributed by atoms with E-state index in [1.807, 2.05) is 0 Å². The largest absolute Gasteiger partial charge is 0.478 e. The lowest BCUT2D eigenvalue weighted by atomic mass is 9.75. The summed E-state index contributed by atoms with van der Waals surface area (Å²) in [6.45, 7) is 4.44. The molecular weight excluding hydrogens is 259 g/mol. The molecule has 0 saturated heterocycles. The van der Waals surface area contributed by atoms with Crippen LogP contribution in [0.15, 0.2) is 12.1 Å². The Hall–Kier alpha value is -1.78. The minimum atomic E-state index is -1.31. The van der Waals surface area contributed by atoms with Crippen LogP contribution < -0.4 is 11.1 Å². The zero-order valence-electron chi connectivity index (χ0n) is 11.9. The van der Waals surface area contributed by atoms with Crippen molar-refractivity contribution in [3.8, 4) is 0 Å². The van der Waals surface area contributed by atoms with Crippen LogP contribution in [0.2, 0.25) is 0 Å². The number of carboxylic acids is 1. The molecule has 1 aromatic rings. The zero-order chi connectivity index (χ0) is 14.9. The summed E-state index contributed by atoms with van der Waals surface area (Å²) in [5.41, 5.74) is 6.45. The summed E-state index contributed by atoms with van der Waals surface area (Å²) in [5.74, 6) is -2.07. The number of hydrogen-bond acceptors (Lipinski definition) is 3. The molecule has 0 aromatic heterocycles. The average molecular weight is 280 g/mol. The topological polar surface area (TPSA) is 75.3 Å². The fourth-order valence-electron chi connectivity index (χ4n) is 2.92. The van der Waals surface area contributed by atoms with E-state index in [-0.39, 0.29) is 17.1 Å². The predicted octanol–water partition coefficient (Wildman–Crippen LogP) is 3.49. The van der Waals surface area contributed by atoms with Crippen molar-refractivity contribution in [2.24, 2.45) is 5.41 Å². The first-order valence-corrected chi connectivity index (χ1v) is 6.87. The fourth-order valence-corrected chi connectivity index (χ4v) is 2.92. The van der Waals surface area contributed by atoms with Crippen LogP contribution in [0.1, 0.15) is 49.9 Å². The van der Waals surface area contributed by atoms with E-state index in [0.29, 0.717) is 5.69 Å². The molecule has 20 heavy (non-hydrogen) atoms. The maximum atomic E-state index is 13.7. The van der Waals surface area contributed by atoms with Gasteiger partial charge in [0.05, 0.1) is 16.9 Å². The van der Waals surface area contributed by atoms with Gasteiger partial charge in [-0.05, 0) is 36.8 Å². The highest BCUT2D eigenvalue weighted by Gasteiger charge is 2.28. The summed E-state index contributed by atoms with van der Waals surface area (Å²) < 4.78 is 13.7. The Morgan fingerprint density at radius 1 is 1.50 bits per heavy atom. The Balaban J connectivity index is 2.18. The summed E-state index contributed by atoms with van der Waals surface area (Å²) >= 11 is 0. The van der Waals surface area contributed by atoms with Crippen molar-refractivity contribution < 1.29 is 14.3 Å². The molecule has 1 aromatic carbocycles. The second-order valence-electron chi connectivity index (χ2n) is 6.33. The number of nitrogens with one attached hydrogen (secondary N) is 1. The van der Waals surface area contributed by atoms with E-state index in [2.05, 4.69) is 19.2 Å². The molecule has 1 saturated carbocycles. The van der Waals surface area contributed by atoms with Crippen molar-refractivity contribution in [1.29, 1.82) is 0 Å². The molecule has 4 nitrogen and oxygen atoms in total. The third-order valence-corrected chi connectivity index (χ3v) is 3.93. The highest BCUT2D eigenvalue weighted by Crippen LogP contribution is 2.37. The number of carboxylic acid groups (broad SMARTS) is 1. The van der Waals surface area contributed by atoms with Crippen LogP contribution in [0.25, 0.3) is 0 Å². The number of nitrogens with two attached hydrogens (primary N) is 1. The normalized spacial score (nSPS) is 21.4.